The van der Waals surface area contributed by atoms with Crippen molar-refractivity contribution in [2.45, 2.75) is 26.0 Å². The Bertz CT molecular complexity index is 559. The van der Waals surface area contributed by atoms with E-state index in [4.69, 9.17) is 9.47 Å². The average molecular weight is 424 g/mol. The SMILES string of the molecule is CCOC(=O)[C@@H](OCC)[C@H]1CNC(=O)c2cc(Br)c(Br)n21. The normalized spacial score (nSPS) is 18.9. The van der Waals surface area contributed by atoms with Gasteiger partial charge >= 0.3 is 5.97 Å². The standard InChI is InChI=1S/C13H16Br2N2O4/c1-3-20-10(13(19)21-4-2)9-6-16-12(18)8-5-7(14)11(15)17(8)9/h5,9-10H,3-4,6H2,1-2H3,(H,16,18)/t9-,10+/m1/s1. The molecular weight excluding hydrogens is 408 g/mol. The second-order valence-electron chi connectivity index (χ2n) is 4.44. The van der Waals surface area contributed by atoms with Gasteiger partial charge in [0.05, 0.1) is 17.1 Å². The number of amides is 1. The lowest BCUT2D eigenvalue weighted by atomic mass is 10.1. The van der Waals surface area contributed by atoms with Crippen LogP contribution in [-0.2, 0) is 14.3 Å². The molecule has 8 heteroatoms. The molecule has 0 saturated heterocycles. The van der Waals surface area contributed by atoms with E-state index < -0.39 is 12.1 Å². The monoisotopic (exact) mass is 422 g/mol. The van der Waals surface area contributed by atoms with Gasteiger partial charge in [0, 0.05) is 13.2 Å². The van der Waals surface area contributed by atoms with E-state index in [9.17, 15) is 9.59 Å². The first-order valence-electron chi connectivity index (χ1n) is 6.63. The molecule has 1 aliphatic rings. The fraction of sp³-hybridized carbons (Fsp3) is 0.538. The van der Waals surface area contributed by atoms with E-state index in [1.54, 1.807) is 17.6 Å². The van der Waals surface area contributed by atoms with Gasteiger partial charge in [0.15, 0.2) is 6.10 Å². The number of hydrogen-bond donors (Lipinski definition) is 1. The minimum Gasteiger partial charge on any atom is -0.464 e. The molecule has 0 unspecified atom stereocenters. The van der Waals surface area contributed by atoms with Crippen molar-refractivity contribution in [2.75, 3.05) is 19.8 Å². The van der Waals surface area contributed by atoms with E-state index >= 15 is 0 Å². The van der Waals surface area contributed by atoms with Crippen LogP contribution in [0.4, 0.5) is 0 Å². The Hall–Kier alpha value is -0.860. The Kier molecular flexibility index (Phi) is 5.45. The van der Waals surface area contributed by atoms with Gasteiger partial charge < -0.3 is 19.4 Å². The molecule has 1 aromatic rings. The van der Waals surface area contributed by atoms with E-state index in [0.29, 0.717) is 23.4 Å². The lowest BCUT2D eigenvalue weighted by molar-refractivity contribution is -0.159. The molecule has 21 heavy (non-hydrogen) atoms. The highest BCUT2D eigenvalue weighted by Gasteiger charge is 2.38. The number of aromatic nitrogens is 1. The van der Waals surface area contributed by atoms with Crippen molar-refractivity contribution in [3.63, 3.8) is 0 Å². The van der Waals surface area contributed by atoms with Crippen LogP contribution in [-0.4, -0.2) is 42.3 Å². The topological polar surface area (TPSA) is 69.6 Å². The maximum absolute atomic E-state index is 12.1. The van der Waals surface area contributed by atoms with Gasteiger partial charge in [0.25, 0.3) is 5.91 Å². The van der Waals surface area contributed by atoms with Crippen LogP contribution >= 0.6 is 31.9 Å². The number of carbonyl (C=O) groups is 2. The van der Waals surface area contributed by atoms with Crippen molar-refractivity contribution in [1.29, 1.82) is 0 Å². The fourth-order valence-corrected chi connectivity index (χ4v) is 3.31. The average Bonchev–Trinajstić information content (AvgIpc) is 2.75. The molecule has 0 aromatic carbocycles. The highest BCUT2D eigenvalue weighted by molar-refractivity contribution is 9.13. The van der Waals surface area contributed by atoms with Crippen molar-refractivity contribution in [3.8, 4) is 0 Å². The summed E-state index contributed by atoms with van der Waals surface area (Å²) >= 11 is 6.82. The molecule has 0 saturated carbocycles. The zero-order chi connectivity index (χ0) is 15.6. The van der Waals surface area contributed by atoms with E-state index in [1.165, 1.54) is 0 Å². The number of rotatable bonds is 5. The Morgan fingerprint density at radius 2 is 2.19 bits per heavy atom. The van der Waals surface area contributed by atoms with Crippen molar-refractivity contribution in [3.05, 3.63) is 20.8 Å². The second-order valence-corrected chi connectivity index (χ2v) is 6.05. The molecule has 6 nitrogen and oxygen atoms in total. The van der Waals surface area contributed by atoms with Crippen molar-refractivity contribution in [1.82, 2.24) is 9.88 Å². The molecule has 0 aliphatic carbocycles. The smallest absolute Gasteiger partial charge is 0.337 e. The summed E-state index contributed by atoms with van der Waals surface area (Å²) in [6.07, 6.45) is -0.773. The molecule has 1 aromatic heterocycles. The third kappa shape index (κ3) is 3.17. The highest BCUT2D eigenvalue weighted by atomic mass is 79.9. The van der Waals surface area contributed by atoms with Gasteiger partial charge in [0.1, 0.15) is 10.3 Å². The van der Waals surface area contributed by atoms with Crippen molar-refractivity contribution < 1.29 is 19.1 Å². The lowest BCUT2D eigenvalue weighted by Gasteiger charge is -2.32. The quantitative estimate of drug-likeness (QED) is 0.737. The molecule has 0 radical (unpaired) electrons. The first-order valence-corrected chi connectivity index (χ1v) is 8.22. The van der Waals surface area contributed by atoms with E-state index in [1.807, 2.05) is 6.92 Å². The molecule has 0 spiro atoms. The summed E-state index contributed by atoms with van der Waals surface area (Å²) in [6.45, 7) is 4.52. The molecule has 1 aliphatic heterocycles. The first-order chi connectivity index (χ1) is 10.0. The van der Waals surface area contributed by atoms with Gasteiger partial charge in [-0.05, 0) is 51.8 Å². The summed E-state index contributed by atoms with van der Waals surface area (Å²) in [6, 6.07) is 1.34. The summed E-state index contributed by atoms with van der Waals surface area (Å²) in [5, 5.41) is 2.78. The summed E-state index contributed by atoms with van der Waals surface area (Å²) in [5.41, 5.74) is 0.471. The van der Waals surface area contributed by atoms with Gasteiger partial charge in [-0.15, -0.1) is 0 Å². The minimum absolute atomic E-state index is 0.184. The van der Waals surface area contributed by atoms with Crippen LogP contribution < -0.4 is 5.32 Å². The molecule has 2 heterocycles. The Labute approximate surface area is 139 Å². The maximum atomic E-state index is 12.1. The largest absolute Gasteiger partial charge is 0.464 e. The van der Waals surface area contributed by atoms with Crippen molar-refractivity contribution >= 4 is 43.7 Å². The Morgan fingerprint density at radius 1 is 1.48 bits per heavy atom. The number of hydrogen-bond acceptors (Lipinski definition) is 4. The van der Waals surface area contributed by atoms with Crippen LogP contribution in [0.3, 0.4) is 0 Å². The highest BCUT2D eigenvalue weighted by Crippen LogP contribution is 2.34. The van der Waals surface area contributed by atoms with Crippen LogP contribution in [0.25, 0.3) is 0 Å². The number of halogens is 2. The molecule has 1 amide bonds. The summed E-state index contributed by atoms with van der Waals surface area (Å²) in [7, 11) is 0. The number of fused-ring (bicyclic) bond motifs is 1. The predicted molar refractivity (Wildman–Crippen MR) is 83.2 cm³/mol. The zero-order valence-electron chi connectivity index (χ0n) is 11.7. The molecule has 116 valence electrons. The summed E-state index contributed by atoms with van der Waals surface area (Å²) < 4.78 is 13.9. The Balaban J connectivity index is 2.41. The number of carbonyl (C=O) groups excluding carboxylic acids is 2. The van der Waals surface area contributed by atoms with Crippen LogP contribution in [0.15, 0.2) is 15.1 Å². The van der Waals surface area contributed by atoms with Gasteiger partial charge in [0.2, 0.25) is 0 Å². The van der Waals surface area contributed by atoms with Gasteiger partial charge in [-0.3, -0.25) is 4.79 Å². The summed E-state index contributed by atoms with van der Waals surface area (Å²) in [4.78, 5) is 24.1. The Morgan fingerprint density at radius 3 is 2.81 bits per heavy atom. The van der Waals surface area contributed by atoms with E-state index in [0.717, 1.165) is 4.47 Å². The number of esters is 1. The molecule has 0 fully saturated rings. The van der Waals surface area contributed by atoms with Crippen LogP contribution in [0.1, 0.15) is 30.4 Å². The lowest BCUT2D eigenvalue weighted by Crippen LogP contribution is -2.47. The number of nitrogens with zero attached hydrogens (tertiary/aromatic N) is 1. The zero-order valence-corrected chi connectivity index (χ0v) is 14.9. The van der Waals surface area contributed by atoms with E-state index in [2.05, 4.69) is 37.2 Å². The second kappa shape index (κ2) is 6.93. The molecular formula is C13H16Br2N2O4. The molecule has 0 bridgehead atoms. The molecule has 2 rings (SSSR count). The molecule has 2 atom stereocenters. The van der Waals surface area contributed by atoms with Crippen LogP contribution in [0.2, 0.25) is 0 Å². The van der Waals surface area contributed by atoms with Crippen LogP contribution in [0, 0.1) is 0 Å². The van der Waals surface area contributed by atoms with Gasteiger partial charge in [-0.2, -0.15) is 0 Å². The number of ether oxygens (including phenoxy) is 2. The predicted octanol–water partition coefficient (Wildman–Crippen LogP) is 2.27. The van der Waals surface area contributed by atoms with E-state index in [-0.39, 0.29) is 18.6 Å². The molecule has 1 N–H and O–H groups in total. The van der Waals surface area contributed by atoms with Gasteiger partial charge in [-0.1, -0.05) is 0 Å². The third-order valence-corrected chi connectivity index (χ3v) is 5.13. The first kappa shape index (κ1) is 16.5. The number of nitrogens with one attached hydrogen (secondary N) is 1. The minimum atomic E-state index is -0.773. The van der Waals surface area contributed by atoms with Gasteiger partial charge in [-0.25, -0.2) is 4.79 Å². The fourth-order valence-electron chi connectivity index (χ4n) is 2.33. The van der Waals surface area contributed by atoms with Crippen LogP contribution in [0.5, 0.6) is 0 Å². The maximum Gasteiger partial charge on any atom is 0.337 e. The van der Waals surface area contributed by atoms with Crippen molar-refractivity contribution in [2.24, 2.45) is 0 Å². The summed E-state index contributed by atoms with van der Waals surface area (Å²) in [5.74, 6) is -0.611. The third-order valence-electron chi connectivity index (χ3n) is 3.18.